The molecule has 0 spiro atoms. The maximum absolute atomic E-state index is 12.5. The van der Waals surface area contributed by atoms with Gasteiger partial charge in [0, 0.05) is 15.8 Å². The number of thiophene rings is 1. The Bertz CT molecular complexity index is 652. The molecule has 0 aliphatic carbocycles. The third-order valence-electron chi connectivity index (χ3n) is 3.05. The van der Waals surface area contributed by atoms with E-state index in [4.69, 9.17) is 0 Å². The van der Waals surface area contributed by atoms with E-state index in [1.807, 2.05) is 56.5 Å². The lowest BCUT2D eigenvalue weighted by atomic mass is 10.0. The van der Waals surface area contributed by atoms with E-state index in [1.165, 1.54) is 11.3 Å². The molecule has 6 heteroatoms. The van der Waals surface area contributed by atoms with Crippen molar-refractivity contribution in [3.63, 3.8) is 0 Å². The van der Waals surface area contributed by atoms with Crippen molar-refractivity contribution in [2.75, 3.05) is 0 Å². The van der Waals surface area contributed by atoms with Crippen LogP contribution in [0, 0.1) is 0 Å². The van der Waals surface area contributed by atoms with Gasteiger partial charge < -0.3 is 4.55 Å². The van der Waals surface area contributed by atoms with Crippen molar-refractivity contribution in [1.29, 1.82) is 0 Å². The predicted molar refractivity (Wildman–Crippen MR) is 96.7 cm³/mol. The van der Waals surface area contributed by atoms with E-state index >= 15 is 0 Å². The maximum atomic E-state index is 12.5. The number of hydrogen-bond donors (Lipinski definition) is 1. The molecule has 0 aliphatic heterocycles. The largest absolute Gasteiger partial charge is 0.598 e. The topological polar surface area (TPSA) is 52.2 Å². The van der Waals surface area contributed by atoms with E-state index in [1.54, 1.807) is 0 Å². The van der Waals surface area contributed by atoms with Crippen LogP contribution in [-0.4, -0.2) is 15.6 Å². The molecule has 0 saturated heterocycles. The van der Waals surface area contributed by atoms with Gasteiger partial charge in [0.2, 0.25) is 0 Å². The minimum atomic E-state index is -1.22. The lowest BCUT2D eigenvalue weighted by Crippen LogP contribution is -2.41. The summed E-state index contributed by atoms with van der Waals surface area (Å²) in [5.41, 5.74) is 1.95. The molecule has 0 radical (unpaired) electrons. The van der Waals surface area contributed by atoms with Crippen molar-refractivity contribution in [2.45, 2.75) is 31.6 Å². The second-order valence-electron chi connectivity index (χ2n) is 5.89. The zero-order valence-corrected chi connectivity index (χ0v) is 15.8. The number of nitrogens with one attached hydrogen (secondary N) is 1. The molecule has 1 N–H and O–H groups in total. The first-order chi connectivity index (χ1) is 10.3. The molecule has 22 heavy (non-hydrogen) atoms. The van der Waals surface area contributed by atoms with Gasteiger partial charge in [-0.2, -0.15) is 0 Å². The molecule has 2 atom stereocenters. The molecule has 2 rings (SSSR count). The first kappa shape index (κ1) is 17.7. The van der Waals surface area contributed by atoms with Crippen LogP contribution in [0.1, 0.15) is 47.6 Å². The van der Waals surface area contributed by atoms with Gasteiger partial charge in [0.1, 0.15) is 10.8 Å². The molecule has 1 unspecified atom stereocenters. The summed E-state index contributed by atoms with van der Waals surface area (Å²) in [6.07, 6.45) is 0.840. The number of hydrogen-bond acceptors (Lipinski definition) is 4. The summed E-state index contributed by atoms with van der Waals surface area (Å²) in [5, 5.41) is 1.93. The number of benzene rings is 1. The van der Waals surface area contributed by atoms with Crippen molar-refractivity contribution in [1.82, 2.24) is 4.72 Å². The zero-order chi connectivity index (χ0) is 16.3. The maximum Gasteiger partial charge on any atom is 0.160 e. The molecule has 3 nitrogen and oxygen atoms in total. The summed E-state index contributed by atoms with van der Waals surface area (Å²) < 4.78 is 16.3. The van der Waals surface area contributed by atoms with Gasteiger partial charge in [-0.15, -0.1) is 16.1 Å². The van der Waals surface area contributed by atoms with Crippen LogP contribution in [-0.2, 0) is 11.4 Å². The summed E-state index contributed by atoms with van der Waals surface area (Å²) in [4.78, 5) is 11.6. The van der Waals surface area contributed by atoms with Crippen molar-refractivity contribution in [2.24, 2.45) is 0 Å². The molecule has 0 aliphatic rings. The Balaban J connectivity index is 2.38. The van der Waals surface area contributed by atoms with Crippen molar-refractivity contribution in [3.8, 4) is 0 Å². The van der Waals surface area contributed by atoms with Gasteiger partial charge in [-0.25, -0.2) is 0 Å². The molecule has 2 aromatic rings. The van der Waals surface area contributed by atoms with Crippen LogP contribution in [0.25, 0.3) is 0 Å². The molecule has 1 heterocycles. The van der Waals surface area contributed by atoms with E-state index in [2.05, 4.69) is 20.7 Å². The molecular formula is C16H18BrNO2S2. The van der Waals surface area contributed by atoms with Crippen LogP contribution in [0.3, 0.4) is 0 Å². The number of halogens is 1. The second-order valence-corrected chi connectivity index (χ2v) is 9.74. The van der Waals surface area contributed by atoms with Crippen molar-refractivity contribution < 1.29 is 9.35 Å². The van der Waals surface area contributed by atoms with Crippen LogP contribution in [0.4, 0.5) is 0 Å². The first-order valence-corrected chi connectivity index (χ1v) is 9.60. The molecule has 0 fully saturated rings. The molecule has 0 saturated carbocycles. The Morgan fingerprint density at radius 3 is 2.59 bits per heavy atom. The third-order valence-corrected chi connectivity index (χ3v) is 5.98. The number of rotatable bonds is 5. The standard InChI is InChI=1S/C16H18BrNO2S2/c1-16(2,3)22(20)18-15(11-5-4-6-13(17)7-11)12-8-14(9-19)21-10-12/h4-10,15,18H,1-3H3/t15-,22?/m0/s1. The fourth-order valence-electron chi connectivity index (χ4n) is 1.88. The fraction of sp³-hybridized carbons (Fsp3) is 0.312. The quantitative estimate of drug-likeness (QED) is 0.596. The lowest BCUT2D eigenvalue weighted by Gasteiger charge is -2.28. The third kappa shape index (κ3) is 4.43. The van der Waals surface area contributed by atoms with Crippen LogP contribution < -0.4 is 4.72 Å². The van der Waals surface area contributed by atoms with E-state index in [0.717, 1.165) is 21.9 Å². The monoisotopic (exact) mass is 399 g/mol. The lowest BCUT2D eigenvalue weighted by molar-refractivity contribution is 0.112. The van der Waals surface area contributed by atoms with Crippen LogP contribution >= 0.6 is 27.3 Å². The Kier molecular flexibility index (Phi) is 5.85. The van der Waals surface area contributed by atoms with Crippen LogP contribution in [0.2, 0.25) is 0 Å². The average molecular weight is 400 g/mol. The van der Waals surface area contributed by atoms with E-state index < -0.39 is 11.4 Å². The molecule has 0 amide bonds. The van der Waals surface area contributed by atoms with E-state index in [-0.39, 0.29) is 10.8 Å². The van der Waals surface area contributed by atoms with Crippen LogP contribution in [0.5, 0.6) is 0 Å². The fourth-order valence-corrected chi connectivity index (χ4v) is 3.87. The summed E-state index contributed by atoms with van der Waals surface area (Å²) >= 11 is 3.65. The molecular weight excluding hydrogens is 382 g/mol. The Morgan fingerprint density at radius 1 is 1.32 bits per heavy atom. The Morgan fingerprint density at radius 2 is 2.05 bits per heavy atom. The average Bonchev–Trinajstić information content (AvgIpc) is 2.92. The summed E-state index contributed by atoms with van der Waals surface area (Å²) in [6.45, 7) is 5.79. The highest BCUT2D eigenvalue weighted by Gasteiger charge is 2.31. The van der Waals surface area contributed by atoms with Gasteiger partial charge >= 0.3 is 0 Å². The van der Waals surface area contributed by atoms with E-state index in [0.29, 0.717) is 4.88 Å². The minimum Gasteiger partial charge on any atom is -0.598 e. The van der Waals surface area contributed by atoms with Crippen molar-refractivity contribution >= 4 is 44.9 Å². The molecule has 0 bridgehead atoms. The van der Waals surface area contributed by atoms with Gasteiger partial charge in [-0.1, -0.05) is 28.1 Å². The first-order valence-electron chi connectivity index (χ1n) is 6.78. The van der Waals surface area contributed by atoms with Gasteiger partial charge in [0.25, 0.3) is 0 Å². The Labute approximate surface area is 146 Å². The van der Waals surface area contributed by atoms with Crippen molar-refractivity contribution in [3.05, 3.63) is 56.2 Å². The normalized spacial score (nSPS) is 14.6. The zero-order valence-electron chi connectivity index (χ0n) is 12.6. The van der Waals surface area contributed by atoms with Gasteiger partial charge in [0.05, 0.1) is 4.88 Å². The number of aldehydes is 1. The summed E-state index contributed by atoms with van der Waals surface area (Å²) in [5.74, 6) is 0. The predicted octanol–water partition coefficient (Wildman–Crippen LogP) is 4.46. The number of carbonyl (C=O) groups is 1. The van der Waals surface area contributed by atoms with E-state index in [9.17, 15) is 9.35 Å². The summed E-state index contributed by atoms with van der Waals surface area (Å²) in [7, 11) is 0. The SMILES string of the molecule is CC(C)(C)[S+]([O-])N[C@@H](c1cccc(Br)c1)c1csc(C=O)c1. The highest BCUT2D eigenvalue weighted by Crippen LogP contribution is 2.30. The smallest absolute Gasteiger partial charge is 0.160 e. The van der Waals surface area contributed by atoms with Gasteiger partial charge in [0.15, 0.2) is 6.29 Å². The summed E-state index contributed by atoms with van der Waals surface area (Å²) in [6, 6.07) is 9.50. The van der Waals surface area contributed by atoms with Crippen LogP contribution in [0.15, 0.2) is 40.2 Å². The Hall–Kier alpha value is -0.660. The molecule has 118 valence electrons. The molecule has 1 aromatic carbocycles. The minimum absolute atomic E-state index is 0.220. The van der Waals surface area contributed by atoms with Gasteiger partial charge in [-0.05, 0) is 55.5 Å². The highest BCUT2D eigenvalue weighted by molar-refractivity contribution is 9.10. The van der Waals surface area contributed by atoms with Gasteiger partial charge in [-0.3, -0.25) is 4.79 Å². The second kappa shape index (κ2) is 7.27. The molecule has 1 aromatic heterocycles. The highest BCUT2D eigenvalue weighted by atomic mass is 79.9. The number of carbonyl (C=O) groups excluding carboxylic acids is 1.